The van der Waals surface area contributed by atoms with Crippen LogP contribution in [0.1, 0.15) is 15.9 Å². The van der Waals surface area contributed by atoms with Crippen LogP contribution in [0.4, 0.5) is 30.2 Å². The highest BCUT2D eigenvalue weighted by Gasteiger charge is 2.32. The average molecular weight is 826 g/mol. The van der Waals surface area contributed by atoms with Crippen LogP contribution in [0.3, 0.4) is 0 Å². The molecule has 2 aromatic rings. The van der Waals surface area contributed by atoms with E-state index in [1.807, 2.05) is 0 Å². The molecule has 19 nitrogen and oxygen atoms in total. The number of nitro groups is 2. The third-order valence-electron chi connectivity index (χ3n) is 7.08. The third-order valence-corrected chi connectivity index (χ3v) is 7.08. The van der Waals surface area contributed by atoms with Crippen molar-refractivity contribution in [2.24, 2.45) is 0 Å². The van der Waals surface area contributed by atoms with Crippen LogP contribution in [0.2, 0.25) is 0 Å². The van der Waals surface area contributed by atoms with Crippen molar-refractivity contribution in [1.29, 1.82) is 0 Å². The van der Waals surface area contributed by atoms with Gasteiger partial charge in [0.05, 0.1) is 153 Å². The average Bonchev–Trinajstić information content (AvgIpc) is 3.19. The molecule has 0 aliphatic heterocycles. The van der Waals surface area contributed by atoms with E-state index in [9.17, 15) is 38.2 Å². The van der Waals surface area contributed by atoms with E-state index >= 15 is 0 Å². The van der Waals surface area contributed by atoms with E-state index in [1.54, 1.807) is 0 Å². The minimum atomic E-state index is -4.65. The van der Waals surface area contributed by atoms with Gasteiger partial charge in [0, 0.05) is 12.6 Å². The molecular formula is C35H50F3N3O16. The molecule has 57 heavy (non-hydrogen) atoms. The molecule has 0 aromatic heterocycles. The van der Waals surface area contributed by atoms with Crippen molar-refractivity contribution in [3.05, 3.63) is 67.8 Å². The minimum absolute atomic E-state index is 0.0288. The first-order chi connectivity index (χ1) is 27.5. The van der Waals surface area contributed by atoms with Crippen LogP contribution < -0.4 is 10.1 Å². The van der Waals surface area contributed by atoms with Crippen LogP contribution in [0.25, 0.3) is 0 Å². The Kier molecular flexibility index (Phi) is 25.6. The number of halogens is 3. The summed E-state index contributed by atoms with van der Waals surface area (Å²) in [7, 11) is 1.08. The lowest BCUT2D eigenvalue weighted by Gasteiger charge is -2.13. The van der Waals surface area contributed by atoms with Gasteiger partial charge in [-0.2, -0.15) is 13.2 Å². The van der Waals surface area contributed by atoms with E-state index in [2.05, 4.69) is 10.1 Å². The fourth-order valence-electron chi connectivity index (χ4n) is 4.35. The minimum Gasteiger partial charge on any atom is -0.491 e. The van der Waals surface area contributed by atoms with Crippen molar-refractivity contribution in [3.63, 3.8) is 0 Å². The summed E-state index contributed by atoms with van der Waals surface area (Å²) in [4.78, 5) is 32.3. The first-order valence-electron chi connectivity index (χ1n) is 17.8. The molecule has 0 saturated heterocycles. The quantitative estimate of drug-likeness (QED) is 0.0450. The van der Waals surface area contributed by atoms with E-state index < -0.39 is 27.6 Å². The number of carbonyl (C=O) groups excluding carboxylic acids is 1. The molecule has 0 atom stereocenters. The Balaban J connectivity index is 1.27. The molecule has 0 heterocycles. The maximum Gasteiger partial charge on any atom is 0.416 e. The summed E-state index contributed by atoms with van der Waals surface area (Å²) in [6.07, 6.45) is -4.65. The van der Waals surface area contributed by atoms with E-state index in [0.717, 1.165) is 19.2 Å². The molecule has 2 aromatic carbocycles. The molecule has 0 amide bonds. The van der Waals surface area contributed by atoms with Crippen molar-refractivity contribution in [2.45, 2.75) is 6.18 Å². The number of nitrogens with one attached hydrogen (secondary N) is 1. The topological polar surface area (TPSA) is 217 Å². The summed E-state index contributed by atoms with van der Waals surface area (Å²) in [6.45, 7) is 6.43. The summed E-state index contributed by atoms with van der Waals surface area (Å²) in [6, 6.07) is 6.06. The number of ether oxygens (including phenoxy) is 11. The van der Waals surface area contributed by atoms with Crippen LogP contribution in [0.5, 0.6) is 5.75 Å². The number of nitro benzene ring substituents is 2. The highest BCUT2D eigenvalue weighted by atomic mass is 19.4. The largest absolute Gasteiger partial charge is 0.491 e. The molecule has 0 aliphatic rings. The zero-order valence-electron chi connectivity index (χ0n) is 31.7. The van der Waals surface area contributed by atoms with Crippen molar-refractivity contribution in [1.82, 2.24) is 0 Å². The number of carbonyl (C=O) groups is 1. The standard InChI is InChI=1S/C35H50F3N3O16/c1-47-34(42)28-24-29(35(36,37)38)26-31(25-28)57-23-22-56-21-20-55-19-18-54-17-16-53-15-14-52-13-12-51-11-10-50-9-8-49-7-6-48-5-4-39-32-3-2-30(40(43)44)27-33(32)41(45)46/h2-3,24-27,39H,4-23H2,1H3. The van der Waals surface area contributed by atoms with Crippen molar-refractivity contribution in [2.75, 3.05) is 145 Å². The molecular weight excluding hydrogens is 775 g/mol. The van der Waals surface area contributed by atoms with Crippen LogP contribution in [0.15, 0.2) is 36.4 Å². The fourth-order valence-corrected chi connectivity index (χ4v) is 4.35. The number of rotatable bonds is 35. The number of nitrogens with zero attached hydrogens (tertiary/aromatic N) is 2. The third kappa shape index (κ3) is 22.9. The number of anilines is 1. The normalized spacial score (nSPS) is 11.4. The number of esters is 1. The van der Waals surface area contributed by atoms with Gasteiger partial charge in [0.2, 0.25) is 0 Å². The van der Waals surface area contributed by atoms with Crippen LogP contribution in [-0.2, 0) is 53.5 Å². The van der Waals surface area contributed by atoms with Crippen molar-refractivity contribution >= 4 is 23.0 Å². The van der Waals surface area contributed by atoms with Gasteiger partial charge < -0.3 is 57.4 Å². The Bertz CT molecular complexity index is 1440. The van der Waals surface area contributed by atoms with Gasteiger partial charge in [0.1, 0.15) is 18.0 Å². The molecule has 0 aliphatic carbocycles. The maximum atomic E-state index is 13.1. The zero-order chi connectivity index (χ0) is 41.6. The molecule has 0 unspecified atom stereocenters. The second-order valence-corrected chi connectivity index (χ2v) is 11.2. The van der Waals surface area contributed by atoms with Gasteiger partial charge in [-0.1, -0.05) is 0 Å². The van der Waals surface area contributed by atoms with Gasteiger partial charge in [-0.15, -0.1) is 0 Å². The number of non-ortho nitro benzene ring substituents is 1. The predicted molar refractivity (Wildman–Crippen MR) is 194 cm³/mol. The molecule has 0 fully saturated rings. The SMILES string of the molecule is COC(=O)c1cc(OCCOCCOCCOCCOCCOCCOCCOCCOCCOCCNc2ccc([N+](=O)[O-])cc2[N+](=O)[O-])cc(C(F)(F)F)c1. The van der Waals surface area contributed by atoms with Crippen LogP contribution in [0, 0.1) is 20.2 Å². The Morgan fingerprint density at radius 2 is 1.02 bits per heavy atom. The first-order valence-corrected chi connectivity index (χ1v) is 17.8. The zero-order valence-corrected chi connectivity index (χ0v) is 31.7. The summed E-state index contributed by atoms with van der Waals surface area (Å²) >= 11 is 0. The van der Waals surface area contributed by atoms with Crippen LogP contribution in [-0.4, -0.2) is 155 Å². The van der Waals surface area contributed by atoms with Gasteiger partial charge in [-0.05, 0) is 24.3 Å². The highest BCUT2D eigenvalue weighted by Crippen LogP contribution is 2.33. The smallest absolute Gasteiger partial charge is 0.416 e. The second kappa shape index (κ2) is 29.9. The Labute approximate surface area is 327 Å². The molecule has 322 valence electrons. The van der Waals surface area contributed by atoms with Gasteiger partial charge >= 0.3 is 12.1 Å². The van der Waals surface area contributed by atoms with Gasteiger partial charge in [0.25, 0.3) is 11.4 Å². The molecule has 0 saturated carbocycles. The Hall–Kier alpha value is -4.26. The van der Waals surface area contributed by atoms with Gasteiger partial charge in [-0.3, -0.25) is 20.2 Å². The predicted octanol–water partition coefficient (Wildman–Crippen LogP) is 3.95. The van der Waals surface area contributed by atoms with Gasteiger partial charge in [-0.25, -0.2) is 4.79 Å². The number of hydrogen-bond donors (Lipinski definition) is 1. The second-order valence-electron chi connectivity index (χ2n) is 11.2. The maximum absolute atomic E-state index is 13.1. The summed E-state index contributed by atoms with van der Waals surface area (Å²) in [5.41, 5.74) is -1.87. The monoisotopic (exact) mass is 825 g/mol. The lowest BCUT2D eigenvalue weighted by molar-refractivity contribution is -0.393. The molecule has 1 N–H and O–H groups in total. The van der Waals surface area contributed by atoms with E-state index in [-0.39, 0.29) is 68.0 Å². The lowest BCUT2D eigenvalue weighted by Crippen LogP contribution is -2.16. The number of benzene rings is 2. The summed E-state index contributed by atoms with van der Waals surface area (Å²) < 4.78 is 97.8. The van der Waals surface area contributed by atoms with E-state index in [1.165, 1.54) is 18.2 Å². The fraction of sp³-hybridized carbons (Fsp3) is 0.629. The molecule has 2 rings (SSSR count). The number of methoxy groups -OCH3 is 1. The summed E-state index contributed by atoms with van der Waals surface area (Å²) in [5, 5.41) is 24.8. The number of alkyl halides is 3. The van der Waals surface area contributed by atoms with Crippen molar-refractivity contribution in [3.8, 4) is 5.75 Å². The molecule has 0 spiro atoms. The van der Waals surface area contributed by atoms with Crippen molar-refractivity contribution < 1.29 is 79.9 Å². The Morgan fingerprint density at radius 3 is 1.40 bits per heavy atom. The van der Waals surface area contributed by atoms with Crippen LogP contribution >= 0.6 is 0 Å². The molecule has 22 heteroatoms. The summed E-state index contributed by atoms with van der Waals surface area (Å²) in [5.74, 6) is -1.03. The molecule has 0 radical (unpaired) electrons. The lowest BCUT2D eigenvalue weighted by atomic mass is 10.1. The van der Waals surface area contributed by atoms with E-state index in [4.69, 9.17) is 47.4 Å². The molecule has 0 bridgehead atoms. The highest BCUT2D eigenvalue weighted by molar-refractivity contribution is 5.90. The first kappa shape index (κ1) is 48.9. The number of hydrogen-bond acceptors (Lipinski definition) is 17. The van der Waals surface area contributed by atoms with Gasteiger partial charge in [0.15, 0.2) is 0 Å². The van der Waals surface area contributed by atoms with E-state index in [0.29, 0.717) is 98.6 Å². The Morgan fingerprint density at radius 1 is 0.596 bits per heavy atom.